The molecule has 4 rings (SSSR count). The van der Waals surface area contributed by atoms with Crippen LogP contribution in [-0.4, -0.2) is 12.6 Å². The van der Waals surface area contributed by atoms with Gasteiger partial charge in [0.25, 0.3) is 0 Å². The van der Waals surface area contributed by atoms with Crippen molar-refractivity contribution < 1.29 is 31.8 Å². The summed E-state index contributed by atoms with van der Waals surface area (Å²) in [6.45, 7) is 5.58. The molecule has 0 N–H and O–H groups in total. The number of carbonyl (C=O) groups excluding carboxylic acids is 1. The van der Waals surface area contributed by atoms with Crippen molar-refractivity contribution in [1.82, 2.24) is 0 Å². The molecule has 0 unspecified atom stereocenters. The summed E-state index contributed by atoms with van der Waals surface area (Å²) in [5.41, 5.74) is 0.870. The van der Waals surface area contributed by atoms with E-state index in [-0.39, 0.29) is 29.4 Å². The standard InChI is InChI=1S/C29H26F4O3/c1-3-16-35-23-14-15-24(28(33)27(23)32)36-29(34)20-10-8-19(9-11-20)22-13-12-21(25(30)26(22)31)18-6-4-17(2)5-7-18/h3,8-15,17-18H,1,4-7,16H2,2H3. The molecule has 0 atom stereocenters. The molecule has 0 spiro atoms. The van der Waals surface area contributed by atoms with Crippen LogP contribution in [0.4, 0.5) is 17.6 Å². The molecule has 0 radical (unpaired) electrons. The first kappa shape index (κ1) is 25.5. The third-order valence-electron chi connectivity index (χ3n) is 6.57. The SMILES string of the molecule is C=CCOc1ccc(OC(=O)c2ccc(-c3ccc(C4CCC(C)CC4)c(F)c3F)cc2)c(F)c1F. The lowest BCUT2D eigenvalue weighted by molar-refractivity contribution is 0.0726. The highest BCUT2D eigenvalue weighted by Gasteiger charge is 2.25. The predicted octanol–water partition coefficient (Wildman–Crippen LogP) is 7.99. The molecule has 36 heavy (non-hydrogen) atoms. The average molecular weight is 499 g/mol. The van der Waals surface area contributed by atoms with Crippen molar-refractivity contribution in [2.24, 2.45) is 5.92 Å². The van der Waals surface area contributed by atoms with Gasteiger partial charge >= 0.3 is 5.97 Å². The number of rotatable bonds is 7. The van der Waals surface area contributed by atoms with Crippen LogP contribution in [0.5, 0.6) is 11.5 Å². The van der Waals surface area contributed by atoms with E-state index in [1.807, 2.05) is 0 Å². The zero-order chi connectivity index (χ0) is 25.8. The van der Waals surface area contributed by atoms with E-state index < -0.39 is 35.0 Å². The molecule has 7 heteroatoms. The van der Waals surface area contributed by atoms with Crippen LogP contribution in [0.3, 0.4) is 0 Å². The minimum absolute atomic E-state index is 0.00902. The van der Waals surface area contributed by atoms with Crippen molar-refractivity contribution in [2.75, 3.05) is 6.61 Å². The number of halogens is 4. The highest BCUT2D eigenvalue weighted by Crippen LogP contribution is 2.38. The molecule has 0 aliphatic heterocycles. The summed E-state index contributed by atoms with van der Waals surface area (Å²) in [6, 6.07) is 11.0. The van der Waals surface area contributed by atoms with E-state index >= 15 is 0 Å². The monoisotopic (exact) mass is 498 g/mol. The van der Waals surface area contributed by atoms with Gasteiger partial charge < -0.3 is 9.47 Å². The van der Waals surface area contributed by atoms with E-state index in [0.717, 1.165) is 37.8 Å². The van der Waals surface area contributed by atoms with Gasteiger partial charge in [-0.1, -0.05) is 56.7 Å². The van der Waals surface area contributed by atoms with E-state index in [1.165, 1.54) is 30.3 Å². The lowest BCUT2D eigenvalue weighted by Gasteiger charge is -2.27. The van der Waals surface area contributed by atoms with Crippen LogP contribution < -0.4 is 9.47 Å². The van der Waals surface area contributed by atoms with E-state index in [9.17, 15) is 22.4 Å². The van der Waals surface area contributed by atoms with Crippen molar-refractivity contribution in [3.63, 3.8) is 0 Å². The summed E-state index contributed by atoms with van der Waals surface area (Å²) in [4.78, 5) is 12.5. The first-order valence-corrected chi connectivity index (χ1v) is 11.8. The van der Waals surface area contributed by atoms with Gasteiger partial charge in [0.2, 0.25) is 11.6 Å². The quantitative estimate of drug-likeness (QED) is 0.143. The Bertz CT molecular complexity index is 1260. The van der Waals surface area contributed by atoms with Crippen molar-refractivity contribution in [2.45, 2.75) is 38.5 Å². The highest BCUT2D eigenvalue weighted by molar-refractivity contribution is 5.91. The molecule has 0 amide bonds. The van der Waals surface area contributed by atoms with Crippen molar-refractivity contribution in [3.05, 3.63) is 95.6 Å². The first-order valence-electron chi connectivity index (χ1n) is 11.8. The van der Waals surface area contributed by atoms with Gasteiger partial charge in [0.1, 0.15) is 6.61 Å². The molecular weight excluding hydrogens is 472 g/mol. The maximum Gasteiger partial charge on any atom is 0.343 e. The van der Waals surface area contributed by atoms with E-state index in [2.05, 4.69) is 13.5 Å². The maximum absolute atomic E-state index is 15.0. The summed E-state index contributed by atoms with van der Waals surface area (Å²) in [7, 11) is 0. The summed E-state index contributed by atoms with van der Waals surface area (Å²) < 4.78 is 68.3. The van der Waals surface area contributed by atoms with Gasteiger partial charge in [0.05, 0.1) is 5.56 Å². The molecule has 1 fully saturated rings. The van der Waals surface area contributed by atoms with Crippen LogP contribution in [0.15, 0.2) is 61.2 Å². The third kappa shape index (κ3) is 5.30. The number of benzene rings is 3. The minimum atomic E-state index is -1.37. The molecule has 1 saturated carbocycles. The number of hydrogen-bond donors (Lipinski definition) is 0. The number of carbonyl (C=O) groups is 1. The van der Waals surface area contributed by atoms with Crippen LogP contribution >= 0.6 is 0 Å². The largest absolute Gasteiger partial charge is 0.486 e. The van der Waals surface area contributed by atoms with Crippen LogP contribution in [0.25, 0.3) is 11.1 Å². The second-order valence-electron chi connectivity index (χ2n) is 9.04. The Morgan fingerprint density at radius 2 is 1.50 bits per heavy atom. The number of ether oxygens (including phenoxy) is 2. The molecule has 0 saturated heterocycles. The molecular formula is C29H26F4O3. The normalized spacial score (nSPS) is 17.5. The van der Waals surface area contributed by atoms with Gasteiger partial charge in [-0.2, -0.15) is 8.78 Å². The summed E-state index contributed by atoms with van der Waals surface area (Å²) in [5, 5.41) is 0. The van der Waals surface area contributed by atoms with Crippen LogP contribution in [-0.2, 0) is 0 Å². The van der Waals surface area contributed by atoms with E-state index in [4.69, 9.17) is 9.47 Å². The lowest BCUT2D eigenvalue weighted by Crippen LogP contribution is -2.13. The van der Waals surface area contributed by atoms with Gasteiger partial charge in [-0.3, -0.25) is 0 Å². The summed E-state index contributed by atoms with van der Waals surface area (Å²) in [6.07, 6.45) is 5.04. The van der Waals surface area contributed by atoms with Gasteiger partial charge in [0.15, 0.2) is 23.1 Å². The fraction of sp³-hybridized carbons (Fsp3) is 0.276. The molecule has 188 valence electrons. The minimum Gasteiger partial charge on any atom is -0.486 e. The second-order valence-corrected chi connectivity index (χ2v) is 9.04. The molecule has 0 aromatic heterocycles. The molecule has 0 heterocycles. The number of hydrogen-bond acceptors (Lipinski definition) is 3. The van der Waals surface area contributed by atoms with Crippen molar-refractivity contribution in [3.8, 4) is 22.6 Å². The predicted molar refractivity (Wildman–Crippen MR) is 129 cm³/mol. The van der Waals surface area contributed by atoms with Gasteiger partial charge in [-0.25, -0.2) is 13.6 Å². The van der Waals surface area contributed by atoms with Crippen LogP contribution in [0, 0.1) is 29.2 Å². The van der Waals surface area contributed by atoms with E-state index in [0.29, 0.717) is 17.0 Å². The Hall–Kier alpha value is -3.61. The second kappa shape index (κ2) is 11.0. The Morgan fingerprint density at radius 1 is 0.861 bits per heavy atom. The van der Waals surface area contributed by atoms with Crippen molar-refractivity contribution >= 4 is 5.97 Å². The summed E-state index contributed by atoms with van der Waals surface area (Å²) in [5.74, 6) is -5.70. The third-order valence-corrected chi connectivity index (χ3v) is 6.57. The van der Waals surface area contributed by atoms with Gasteiger partial charge in [0, 0.05) is 5.56 Å². The van der Waals surface area contributed by atoms with E-state index in [1.54, 1.807) is 12.1 Å². The molecule has 1 aliphatic rings. The number of esters is 1. The molecule has 1 aliphatic carbocycles. The lowest BCUT2D eigenvalue weighted by atomic mass is 9.79. The summed E-state index contributed by atoms with van der Waals surface area (Å²) >= 11 is 0. The van der Waals surface area contributed by atoms with Crippen molar-refractivity contribution in [1.29, 1.82) is 0 Å². The maximum atomic E-state index is 15.0. The fourth-order valence-corrected chi connectivity index (χ4v) is 4.47. The van der Waals surface area contributed by atoms with Gasteiger partial charge in [-0.05, 0) is 60.1 Å². The smallest absolute Gasteiger partial charge is 0.343 e. The zero-order valence-corrected chi connectivity index (χ0v) is 19.8. The Balaban J connectivity index is 1.49. The average Bonchev–Trinajstić information content (AvgIpc) is 2.89. The molecule has 3 nitrogen and oxygen atoms in total. The van der Waals surface area contributed by atoms with Crippen LogP contribution in [0.2, 0.25) is 0 Å². The Labute approximate surface area is 207 Å². The highest BCUT2D eigenvalue weighted by atomic mass is 19.2. The fourth-order valence-electron chi connectivity index (χ4n) is 4.47. The zero-order valence-electron chi connectivity index (χ0n) is 19.8. The molecule has 3 aromatic rings. The van der Waals surface area contributed by atoms with Gasteiger partial charge in [-0.15, -0.1) is 0 Å². The molecule has 0 bridgehead atoms. The van der Waals surface area contributed by atoms with Crippen LogP contribution in [0.1, 0.15) is 54.4 Å². The first-order chi connectivity index (χ1) is 17.3. The molecule has 3 aromatic carbocycles. The topological polar surface area (TPSA) is 35.5 Å². The Kier molecular flexibility index (Phi) is 7.77. The Morgan fingerprint density at radius 3 is 2.17 bits per heavy atom.